The Labute approximate surface area is 231 Å². The highest BCUT2D eigenvalue weighted by molar-refractivity contribution is 5.95. The summed E-state index contributed by atoms with van der Waals surface area (Å²) in [5, 5.41) is 3.70. The number of likely N-dealkylation sites (N-methyl/N-ethyl adjacent to an activating group) is 1. The molecule has 8 nitrogen and oxygen atoms in total. The number of halogens is 4. The Hall–Kier alpha value is -3.15. The summed E-state index contributed by atoms with van der Waals surface area (Å²) in [4.78, 5) is 33.0. The molecule has 2 aliphatic carbocycles. The van der Waals surface area contributed by atoms with Crippen LogP contribution in [0.4, 0.5) is 28.2 Å². The summed E-state index contributed by atoms with van der Waals surface area (Å²) in [5.41, 5.74) is -1.29. The molecule has 0 atom stereocenters. The molecule has 1 aliphatic heterocycles. The van der Waals surface area contributed by atoms with Crippen molar-refractivity contribution < 1.29 is 27.2 Å². The van der Waals surface area contributed by atoms with Crippen molar-refractivity contribution in [1.82, 2.24) is 24.5 Å². The van der Waals surface area contributed by atoms with E-state index in [0.717, 1.165) is 29.2 Å². The largest absolute Gasteiger partial charge is 0.435 e. The maximum absolute atomic E-state index is 14.2. The molecule has 1 aromatic heterocycles. The Morgan fingerprint density at radius 2 is 1.75 bits per heavy atom. The van der Waals surface area contributed by atoms with E-state index in [1.807, 2.05) is 25.1 Å². The van der Waals surface area contributed by atoms with Gasteiger partial charge in [0.25, 0.3) is 0 Å². The van der Waals surface area contributed by atoms with Gasteiger partial charge in [0.05, 0.1) is 12.1 Å². The fraction of sp³-hybridized carbons (Fsp3) is 0.607. The van der Waals surface area contributed by atoms with E-state index >= 15 is 0 Å². The number of nitrogens with zero attached hydrogens (tertiary/aromatic N) is 6. The van der Waals surface area contributed by atoms with Crippen LogP contribution in [0.5, 0.6) is 0 Å². The lowest BCUT2D eigenvalue weighted by Crippen LogP contribution is -2.55. The van der Waals surface area contributed by atoms with Gasteiger partial charge < -0.3 is 9.80 Å². The SMILES string of the molecule is CN(C)C(=O)Cn1nc(C(F)(F)F)cc1N1C[C@]2(CC[C@](c3cccc(F)c3)(N(C)C)CC2)N(CC2CC2)C1=O. The number of hydrogen-bond donors (Lipinski definition) is 0. The standard InChI is InChI=1S/C28H36F4N6O2/c1-34(2)24(39)17-38-23(15-22(33-38)28(30,31)32)36-18-26(37(25(36)40)16-19-8-9-19)10-12-27(13-11-26,35(3)4)20-6-5-7-21(29)14-20/h5-7,14-15,19H,8-13,16-18H2,1-4H3/t26-,27+. The average Bonchev–Trinajstić information content (AvgIpc) is 3.55. The van der Waals surface area contributed by atoms with Crippen LogP contribution in [0.3, 0.4) is 0 Å². The van der Waals surface area contributed by atoms with Crippen molar-refractivity contribution in [3.63, 3.8) is 0 Å². The van der Waals surface area contributed by atoms with Crippen LogP contribution < -0.4 is 4.90 Å². The van der Waals surface area contributed by atoms with Crippen LogP contribution in [0.2, 0.25) is 0 Å². The number of rotatable bonds is 7. The topological polar surface area (TPSA) is 64.9 Å². The first kappa shape index (κ1) is 28.4. The highest BCUT2D eigenvalue weighted by Crippen LogP contribution is 2.50. The highest BCUT2D eigenvalue weighted by atomic mass is 19.4. The smallest absolute Gasteiger partial charge is 0.347 e. The van der Waals surface area contributed by atoms with E-state index in [4.69, 9.17) is 0 Å². The minimum Gasteiger partial charge on any atom is -0.347 e. The monoisotopic (exact) mass is 564 g/mol. The Morgan fingerprint density at radius 1 is 1.07 bits per heavy atom. The molecule has 12 heteroatoms. The lowest BCUT2D eigenvalue weighted by atomic mass is 9.68. The first-order valence-corrected chi connectivity index (χ1v) is 13.6. The molecule has 3 fully saturated rings. The molecule has 2 saturated carbocycles. The number of carbonyl (C=O) groups is 2. The number of benzene rings is 1. The van der Waals surface area contributed by atoms with Crippen LogP contribution in [-0.2, 0) is 23.1 Å². The summed E-state index contributed by atoms with van der Waals surface area (Å²) in [6.07, 6.45) is -0.191. The molecular weight excluding hydrogens is 528 g/mol. The first-order chi connectivity index (χ1) is 18.8. The Kier molecular flexibility index (Phi) is 7.12. The zero-order valence-corrected chi connectivity index (χ0v) is 23.3. The summed E-state index contributed by atoms with van der Waals surface area (Å²) in [6, 6.07) is 7.12. The van der Waals surface area contributed by atoms with E-state index < -0.39 is 35.4 Å². The number of carbonyl (C=O) groups excluding carboxylic acids is 2. The van der Waals surface area contributed by atoms with Gasteiger partial charge in [-0.25, -0.2) is 13.9 Å². The fourth-order valence-corrected chi connectivity index (χ4v) is 6.28. The van der Waals surface area contributed by atoms with Crippen LogP contribution in [0.25, 0.3) is 0 Å². The second-order valence-electron chi connectivity index (χ2n) is 11.9. The molecule has 2 heterocycles. The molecule has 1 saturated heterocycles. The van der Waals surface area contributed by atoms with Gasteiger partial charge in [-0.1, -0.05) is 12.1 Å². The number of amides is 3. The van der Waals surface area contributed by atoms with Gasteiger partial charge in [0.1, 0.15) is 18.2 Å². The van der Waals surface area contributed by atoms with Gasteiger partial charge in [0.2, 0.25) is 5.91 Å². The van der Waals surface area contributed by atoms with Gasteiger partial charge in [-0.2, -0.15) is 18.3 Å². The van der Waals surface area contributed by atoms with Gasteiger partial charge in [-0.05, 0) is 76.2 Å². The second-order valence-corrected chi connectivity index (χ2v) is 11.9. The molecule has 0 N–H and O–H groups in total. The zero-order chi connectivity index (χ0) is 29.0. The van der Waals surface area contributed by atoms with Crippen LogP contribution in [-0.4, -0.2) is 83.2 Å². The quantitative estimate of drug-likeness (QED) is 0.463. The molecule has 40 heavy (non-hydrogen) atoms. The molecule has 218 valence electrons. The van der Waals surface area contributed by atoms with Gasteiger partial charge in [-0.15, -0.1) is 0 Å². The van der Waals surface area contributed by atoms with E-state index in [1.54, 1.807) is 12.1 Å². The van der Waals surface area contributed by atoms with Crippen LogP contribution in [0, 0.1) is 11.7 Å². The molecule has 5 rings (SSSR count). The second kappa shape index (κ2) is 10.0. The number of urea groups is 1. The summed E-state index contributed by atoms with van der Waals surface area (Å²) in [7, 11) is 6.97. The zero-order valence-electron chi connectivity index (χ0n) is 23.3. The summed E-state index contributed by atoms with van der Waals surface area (Å²) in [6.45, 7) is 0.326. The van der Waals surface area contributed by atoms with Crippen LogP contribution >= 0.6 is 0 Å². The highest BCUT2D eigenvalue weighted by Gasteiger charge is 2.56. The molecule has 0 unspecified atom stereocenters. The van der Waals surface area contributed by atoms with Gasteiger partial charge in [0, 0.05) is 32.2 Å². The molecule has 1 spiro atoms. The van der Waals surface area contributed by atoms with Crippen molar-refractivity contribution in [2.75, 3.05) is 46.2 Å². The third-order valence-corrected chi connectivity index (χ3v) is 8.96. The third-order valence-electron chi connectivity index (χ3n) is 8.96. The van der Waals surface area contributed by atoms with Gasteiger partial charge >= 0.3 is 12.2 Å². The van der Waals surface area contributed by atoms with Crippen molar-refractivity contribution in [3.05, 3.63) is 47.4 Å². The van der Waals surface area contributed by atoms with Crippen LogP contribution in [0.15, 0.2) is 30.3 Å². The summed E-state index contributed by atoms with van der Waals surface area (Å²) in [5.74, 6) is -0.398. The van der Waals surface area contributed by atoms with Gasteiger partial charge in [-0.3, -0.25) is 14.6 Å². The molecule has 3 aliphatic rings. The predicted octanol–water partition coefficient (Wildman–Crippen LogP) is 4.55. The lowest BCUT2D eigenvalue weighted by Gasteiger charge is -2.51. The van der Waals surface area contributed by atoms with E-state index in [1.165, 1.54) is 30.0 Å². The van der Waals surface area contributed by atoms with E-state index in [2.05, 4.69) is 10.00 Å². The van der Waals surface area contributed by atoms with Crippen molar-refractivity contribution in [3.8, 4) is 0 Å². The van der Waals surface area contributed by atoms with E-state index in [0.29, 0.717) is 38.1 Å². The van der Waals surface area contributed by atoms with E-state index in [9.17, 15) is 27.2 Å². The Morgan fingerprint density at radius 3 is 2.30 bits per heavy atom. The lowest BCUT2D eigenvalue weighted by molar-refractivity contribution is -0.142. The number of hydrogen-bond acceptors (Lipinski definition) is 4. The average molecular weight is 565 g/mol. The summed E-state index contributed by atoms with van der Waals surface area (Å²) >= 11 is 0. The number of aromatic nitrogens is 2. The molecule has 1 aromatic carbocycles. The maximum Gasteiger partial charge on any atom is 0.435 e. The van der Waals surface area contributed by atoms with Crippen molar-refractivity contribution in [2.45, 2.75) is 62.3 Å². The molecule has 0 bridgehead atoms. The number of alkyl halides is 3. The number of anilines is 1. The Bertz CT molecular complexity index is 1280. The Balaban J connectivity index is 1.50. The predicted molar refractivity (Wildman–Crippen MR) is 141 cm³/mol. The maximum atomic E-state index is 14.2. The third kappa shape index (κ3) is 5.06. The van der Waals surface area contributed by atoms with Gasteiger partial charge in [0.15, 0.2) is 5.69 Å². The molecule has 0 radical (unpaired) electrons. The fourth-order valence-electron chi connectivity index (χ4n) is 6.28. The molecule has 3 amide bonds. The van der Waals surface area contributed by atoms with E-state index in [-0.39, 0.29) is 24.2 Å². The van der Waals surface area contributed by atoms with Crippen LogP contribution in [0.1, 0.15) is 49.8 Å². The minimum absolute atomic E-state index is 0.0280. The van der Waals surface area contributed by atoms with Crippen molar-refractivity contribution >= 4 is 17.8 Å². The van der Waals surface area contributed by atoms with Crippen molar-refractivity contribution in [1.29, 1.82) is 0 Å². The van der Waals surface area contributed by atoms with Crippen molar-refractivity contribution in [2.24, 2.45) is 5.92 Å². The summed E-state index contributed by atoms with van der Waals surface area (Å²) < 4.78 is 56.3. The first-order valence-electron chi connectivity index (χ1n) is 13.6. The minimum atomic E-state index is -4.73. The molecule has 2 aromatic rings. The normalized spacial score (nSPS) is 25.4. The molecular formula is C28H36F4N6O2.